The molecule has 0 spiro atoms. The summed E-state index contributed by atoms with van der Waals surface area (Å²) in [6.45, 7) is 2.99. The van der Waals surface area contributed by atoms with Crippen molar-refractivity contribution in [2.24, 2.45) is 0 Å². The van der Waals surface area contributed by atoms with Gasteiger partial charge in [0, 0.05) is 25.6 Å². The second kappa shape index (κ2) is 10.7. The number of H-pyrrole nitrogens is 1. The van der Waals surface area contributed by atoms with Crippen LogP contribution in [0.4, 0.5) is 0 Å². The lowest BCUT2D eigenvalue weighted by Gasteiger charge is -2.11. The quantitative estimate of drug-likeness (QED) is 0.514. The molecular weight excluding hydrogens is 364 g/mol. The summed E-state index contributed by atoms with van der Waals surface area (Å²) in [6, 6.07) is 8.14. The molecule has 2 amide bonds. The maximum absolute atomic E-state index is 12.0. The second-order valence-electron chi connectivity index (χ2n) is 5.83. The SMILES string of the molecule is CCOc1ccc(CCC(=O)NCCNC(=O)c2ccc(=O)[nH]n2)cc1OC. The number of aryl methyl sites for hydroxylation is 1. The van der Waals surface area contributed by atoms with Gasteiger partial charge in [-0.15, -0.1) is 0 Å². The van der Waals surface area contributed by atoms with Gasteiger partial charge in [-0.25, -0.2) is 5.10 Å². The molecule has 28 heavy (non-hydrogen) atoms. The highest BCUT2D eigenvalue weighted by Crippen LogP contribution is 2.28. The van der Waals surface area contributed by atoms with Gasteiger partial charge in [0.15, 0.2) is 11.5 Å². The third-order valence-corrected chi connectivity index (χ3v) is 3.81. The van der Waals surface area contributed by atoms with Crippen LogP contribution < -0.4 is 25.7 Å². The highest BCUT2D eigenvalue weighted by molar-refractivity contribution is 5.92. The zero-order valence-electron chi connectivity index (χ0n) is 15.9. The molecule has 0 aliphatic heterocycles. The first-order chi connectivity index (χ1) is 13.5. The van der Waals surface area contributed by atoms with Crippen molar-refractivity contribution in [3.8, 4) is 11.5 Å². The summed E-state index contributed by atoms with van der Waals surface area (Å²) >= 11 is 0. The summed E-state index contributed by atoms with van der Waals surface area (Å²) < 4.78 is 10.8. The van der Waals surface area contributed by atoms with Crippen molar-refractivity contribution in [1.82, 2.24) is 20.8 Å². The van der Waals surface area contributed by atoms with Crippen LogP contribution in [0.1, 0.15) is 29.4 Å². The van der Waals surface area contributed by atoms with Crippen LogP contribution in [-0.4, -0.2) is 48.8 Å². The number of benzene rings is 1. The third-order valence-electron chi connectivity index (χ3n) is 3.81. The molecule has 150 valence electrons. The number of rotatable bonds is 10. The van der Waals surface area contributed by atoms with Crippen LogP contribution in [0.2, 0.25) is 0 Å². The van der Waals surface area contributed by atoms with Crippen LogP contribution in [0, 0.1) is 0 Å². The Bertz CT molecular complexity index is 845. The van der Waals surface area contributed by atoms with E-state index in [1.807, 2.05) is 25.1 Å². The number of aromatic amines is 1. The second-order valence-corrected chi connectivity index (χ2v) is 5.83. The zero-order chi connectivity index (χ0) is 20.4. The van der Waals surface area contributed by atoms with Crippen molar-refractivity contribution in [2.45, 2.75) is 19.8 Å². The Balaban J connectivity index is 1.70. The summed E-state index contributed by atoms with van der Waals surface area (Å²) in [7, 11) is 1.57. The number of amides is 2. The van der Waals surface area contributed by atoms with Crippen molar-refractivity contribution in [2.75, 3.05) is 26.8 Å². The first-order valence-electron chi connectivity index (χ1n) is 8.93. The number of hydrogen-bond acceptors (Lipinski definition) is 6. The lowest BCUT2D eigenvalue weighted by atomic mass is 10.1. The smallest absolute Gasteiger partial charge is 0.271 e. The number of hydrogen-bond donors (Lipinski definition) is 3. The van der Waals surface area contributed by atoms with Crippen LogP contribution in [0.15, 0.2) is 35.1 Å². The van der Waals surface area contributed by atoms with Gasteiger partial charge < -0.3 is 20.1 Å². The Morgan fingerprint density at radius 2 is 1.89 bits per heavy atom. The number of aromatic nitrogens is 2. The number of carbonyl (C=O) groups is 2. The van der Waals surface area contributed by atoms with Crippen molar-refractivity contribution in [1.29, 1.82) is 0 Å². The molecule has 1 heterocycles. The van der Waals surface area contributed by atoms with E-state index in [1.54, 1.807) is 7.11 Å². The Kier molecular flexibility index (Phi) is 8.01. The van der Waals surface area contributed by atoms with Gasteiger partial charge in [0.2, 0.25) is 5.91 Å². The number of nitrogens with zero attached hydrogens (tertiary/aromatic N) is 1. The Morgan fingerprint density at radius 3 is 2.57 bits per heavy atom. The Hall–Kier alpha value is -3.36. The van der Waals surface area contributed by atoms with Crippen LogP contribution in [-0.2, 0) is 11.2 Å². The summed E-state index contributed by atoms with van der Waals surface area (Å²) in [6.07, 6.45) is 0.870. The highest BCUT2D eigenvalue weighted by Gasteiger charge is 2.09. The molecule has 0 fully saturated rings. The molecule has 0 saturated carbocycles. The number of carbonyl (C=O) groups excluding carboxylic acids is 2. The lowest BCUT2D eigenvalue weighted by Crippen LogP contribution is -2.35. The van der Waals surface area contributed by atoms with Crippen molar-refractivity contribution >= 4 is 11.8 Å². The molecule has 0 atom stereocenters. The van der Waals surface area contributed by atoms with E-state index >= 15 is 0 Å². The Labute approximate surface area is 162 Å². The fourth-order valence-corrected chi connectivity index (χ4v) is 2.43. The van der Waals surface area contributed by atoms with Gasteiger partial charge in [0.25, 0.3) is 11.5 Å². The maximum Gasteiger partial charge on any atom is 0.271 e. The minimum Gasteiger partial charge on any atom is -0.493 e. The number of nitrogens with one attached hydrogen (secondary N) is 3. The van der Waals surface area contributed by atoms with Gasteiger partial charge in [-0.1, -0.05) is 6.07 Å². The van der Waals surface area contributed by atoms with Crippen molar-refractivity contribution in [3.05, 3.63) is 51.9 Å². The van der Waals surface area contributed by atoms with Gasteiger partial charge in [-0.05, 0) is 37.1 Å². The van der Waals surface area contributed by atoms with E-state index in [0.717, 1.165) is 5.56 Å². The zero-order valence-corrected chi connectivity index (χ0v) is 15.9. The number of methoxy groups -OCH3 is 1. The van der Waals surface area contributed by atoms with E-state index in [0.29, 0.717) is 37.5 Å². The van der Waals surface area contributed by atoms with Gasteiger partial charge >= 0.3 is 0 Å². The summed E-state index contributed by atoms with van der Waals surface area (Å²) in [5.41, 5.74) is 0.692. The molecule has 2 rings (SSSR count). The first kappa shape index (κ1) is 20.9. The first-order valence-corrected chi connectivity index (χ1v) is 8.93. The molecule has 3 N–H and O–H groups in total. The summed E-state index contributed by atoms with van der Waals surface area (Å²) in [5.74, 6) is 0.764. The van der Waals surface area contributed by atoms with Crippen LogP contribution >= 0.6 is 0 Å². The van der Waals surface area contributed by atoms with E-state index in [9.17, 15) is 14.4 Å². The standard InChI is InChI=1S/C19H24N4O5/c1-3-28-15-7-4-13(12-16(15)27-2)5-8-17(24)20-10-11-21-19(26)14-6-9-18(25)23-22-14/h4,6-7,9,12H,3,5,8,10-11H2,1-2H3,(H,20,24)(H,21,26)(H,23,25). The van der Waals surface area contributed by atoms with E-state index in [1.165, 1.54) is 12.1 Å². The molecule has 0 unspecified atom stereocenters. The maximum atomic E-state index is 12.0. The monoisotopic (exact) mass is 388 g/mol. The van der Waals surface area contributed by atoms with Crippen LogP contribution in [0.5, 0.6) is 11.5 Å². The molecule has 0 aliphatic carbocycles. The molecule has 9 nitrogen and oxygen atoms in total. The minimum absolute atomic E-state index is 0.107. The van der Waals surface area contributed by atoms with Crippen molar-refractivity contribution < 1.29 is 19.1 Å². The van der Waals surface area contributed by atoms with E-state index < -0.39 is 5.91 Å². The fourth-order valence-electron chi connectivity index (χ4n) is 2.43. The van der Waals surface area contributed by atoms with Gasteiger partial charge in [0.1, 0.15) is 5.69 Å². The third kappa shape index (κ3) is 6.42. The molecule has 0 bridgehead atoms. The predicted molar refractivity (Wildman–Crippen MR) is 103 cm³/mol. The van der Waals surface area contributed by atoms with E-state index in [-0.39, 0.29) is 23.7 Å². The average molecular weight is 388 g/mol. The van der Waals surface area contributed by atoms with E-state index in [4.69, 9.17) is 9.47 Å². The lowest BCUT2D eigenvalue weighted by molar-refractivity contribution is -0.121. The molecule has 9 heteroatoms. The summed E-state index contributed by atoms with van der Waals surface area (Å²) in [4.78, 5) is 34.7. The fraction of sp³-hybridized carbons (Fsp3) is 0.368. The normalized spacial score (nSPS) is 10.2. The van der Waals surface area contributed by atoms with Gasteiger partial charge in [-0.3, -0.25) is 14.4 Å². The highest BCUT2D eigenvalue weighted by atomic mass is 16.5. The molecule has 0 radical (unpaired) electrons. The molecule has 1 aromatic carbocycles. The topological polar surface area (TPSA) is 122 Å². The average Bonchev–Trinajstić information content (AvgIpc) is 2.71. The largest absolute Gasteiger partial charge is 0.493 e. The van der Waals surface area contributed by atoms with Crippen molar-refractivity contribution in [3.63, 3.8) is 0 Å². The Morgan fingerprint density at radius 1 is 1.11 bits per heavy atom. The molecule has 0 aliphatic rings. The van der Waals surface area contributed by atoms with Crippen LogP contribution in [0.3, 0.4) is 0 Å². The van der Waals surface area contributed by atoms with Gasteiger partial charge in [0.05, 0.1) is 13.7 Å². The minimum atomic E-state index is -0.424. The molecule has 0 saturated heterocycles. The number of ether oxygens (including phenoxy) is 2. The van der Waals surface area contributed by atoms with E-state index in [2.05, 4.69) is 20.8 Å². The van der Waals surface area contributed by atoms with Crippen LogP contribution in [0.25, 0.3) is 0 Å². The molecule has 1 aromatic heterocycles. The van der Waals surface area contributed by atoms with Gasteiger partial charge in [-0.2, -0.15) is 5.10 Å². The predicted octanol–water partition coefficient (Wildman–Crippen LogP) is 0.656. The molecule has 2 aromatic rings. The summed E-state index contributed by atoms with van der Waals surface area (Å²) in [5, 5.41) is 11.2. The molecular formula is C19H24N4O5.